The van der Waals surface area contributed by atoms with Crippen molar-refractivity contribution in [2.24, 2.45) is 0 Å². The summed E-state index contributed by atoms with van der Waals surface area (Å²) in [4.78, 5) is 0. The second kappa shape index (κ2) is 5.56. The van der Waals surface area contributed by atoms with Crippen molar-refractivity contribution in [3.8, 4) is 11.5 Å². The summed E-state index contributed by atoms with van der Waals surface area (Å²) in [7, 11) is 0. The lowest BCUT2D eigenvalue weighted by Crippen LogP contribution is -2.15. The van der Waals surface area contributed by atoms with E-state index < -0.39 is 34.9 Å². The van der Waals surface area contributed by atoms with Gasteiger partial charge in [0.25, 0.3) is 0 Å². The van der Waals surface area contributed by atoms with Gasteiger partial charge in [0, 0.05) is 11.4 Å². The van der Waals surface area contributed by atoms with E-state index in [4.69, 9.17) is 16.2 Å². The van der Waals surface area contributed by atoms with Crippen molar-refractivity contribution >= 4 is 11.4 Å². The standard InChI is InChI=1S/C14H10F6N2O/c15-13(16,17)10-5-8(22)6-11(14(18,19)20)12(10)23-9-3-1-7(21)2-4-9/h1-6H,21-22H2. The zero-order valence-corrected chi connectivity index (χ0v) is 11.3. The monoisotopic (exact) mass is 336 g/mol. The van der Waals surface area contributed by atoms with Gasteiger partial charge in [-0.05, 0) is 36.4 Å². The SMILES string of the molecule is Nc1ccc(Oc2c(C(F)(F)F)cc(N)cc2C(F)(F)F)cc1. The van der Waals surface area contributed by atoms with E-state index in [0.29, 0.717) is 12.1 Å². The number of nitrogen functional groups attached to an aromatic ring is 2. The van der Waals surface area contributed by atoms with E-state index in [1.165, 1.54) is 12.1 Å². The minimum Gasteiger partial charge on any atom is -0.456 e. The molecule has 0 aliphatic rings. The molecule has 0 radical (unpaired) electrons. The third kappa shape index (κ3) is 3.79. The molecule has 2 aromatic rings. The molecule has 124 valence electrons. The summed E-state index contributed by atoms with van der Waals surface area (Å²) >= 11 is 0. The van der Waals surface area contributed by atoms with Crippen LogP contribution in [-0.4, -0.2) is 0 Å². The highest BCUT2D eigenvalue weighted by Crippen LogP contribution is 2.46. The average Bonchev–Trinajstić information content (AvgIpc) is 2.40. The van der Waals surface area contributed by atoms with Crippen LogP contribution in [0.2, 0.25) is 0 Å². The third-order valence-electron chi connectivity index (χ3n) is 2.82. The summed E-state index contributed by atoms with van der Waals surface area (Å²) in [5.41, 5.74) is 6.96. The van der Waals surface area contributed by atoms with Gasteiger partial charge in [-0.2, -0.15) is 26.3 Å². The molecule has 0 spiro atoms. The molecule has 0 unspecified atom stereocenters. The summed E-state index contributed by atoms with van der Waals surface area (Å²) in [6.45, 7) is 0. The number of hydrogen-bond donors (Lipinski definition) is 2. The molecule has 0 aliphatic heterocycles. The van der Waals surface area contributed by atoms with Gasteiger partial charge in [-0.1, -0.05) is 0 Å². The van der Waals surface area contributed by atoms with Gasteiger partial charge in [-0.25, -0.2) is 0 Å². The quantitative estimate of drug-likeness (QED) is 0.618. The molecule has 4 N–H and O–H groups in total. The maximum atomic E-state index is 13.0. The molecule has 0 saturated carbocycles. The average molecular weight is 336 g/mol. The maximum Gasteiger partial charge on any atom is 0.420 e. The molecule has 0 atom stereocenters. The van der Waals surface area contributed by atoms with E-state index in [2.05, 4.69) is 0 Å². The fourth-order valence-electron chi connectivity index (χ4n) is 1.84. The molecule has 0 amide bonds. The van der Waals surface area contributed by atoms with Crippen molar-refractivity contribution in [2.75, 3.05) is 11.5 Å². The second-order valence-corrected chi connectivity index (χ2v) is 4.61. The molecule has 2 rings (SSSR count). The Morgan fingerprint density at radius 1 is 0.696 bits per heavy atom. The van der Waals surface area contributed by atoms with Gasteiger partial charge in [0.1, 0.15) is 16.9 Å². The Kier molecular flexibility index (Phi) is 4.06. The van der Waals surface area contributed by atoms with Gasteiger partial charge >= 0.3 is 12.4 Å². The topological polar surface area (TPSA) is 61.3 Å². The predicted octanol–water partition coefficient (Wildman–Crippen LogP) is 4.68. The number of rotatable bonds is 2. The van der Waals surface area contributed by atoms with E-state index in [0.717, 1.165) is 12.1 Å². The molecule has 0 bridgehead atoms. The van der Waals surface area contributed by atoms with E-state index in [1.807, 2.05) is 0 Å². The number of hydrogen-bond acceptors (Lipinski definition) is 3. The Labute approximate surface area is 126 Å². The van der Waals surface area contributed by atoms with Crippen LogP contribution in [0.15, 0.2) is 36.4 Å². The predicted molar refractivity (Wildman–Crippen MR) is 71.8 cm³/mol. The van der Waals surface area contributed by atoms with E-state index >= 15 is 0 Å². The summed E-state index contributed by atoms with van der Waals surface area (Å²) in [6, 6.07) is 5.67. The molecule has 0 aliphatic carbocycles. The van der Waals surface area contributed by atoms with Crippen LogP contribution >= 0.6 is 0 Å². The highest BCUT2D eigenvalue weighted by atomic mass is 19.4. The molecular formula is C14H10F6N2O. The van der Waals surface area contributed by atoms with Gasteiger partial charge in [-0.15, -0.1) is 0 Å². The zero-order valence-electron chi connectivity index (χ0n) is 11.3. The molecule has 0 saturated heterocycles. The molecular weight excluding hydrogens is 326 g/mol. The maximum absolute atomic E-state index is 13.0. The summed E-state index contributed by atoms with van der Waals surface area (Å²) in [5.74, 6) is -1.58. The summed E-state index contributed by atoms with van der Waals surface area (Å²) < 4.78 is 83.1. The van der Waals surface area contributed by atoms with E-state index in [9.17, 15) is 26.3 Å². The van der Waals surface area contributed by atoms with Gasteiger partial charge in [0.2, 0.25) is 0 Å². The number of anilines is 2. The van der Waals surface area contributed by atoms with E-state index in [1.54, 1.807) is 0 Å². The third-order valence-corrected chi connectivity index (χ3v) is 2.82. The van der Waals surface area contributed by atoms with Crippen molar-refractivity contribution in [3.05, 3.63) is 47.5 Å². The van der Waals surface area contributed by atoms with Crippen LogP contribution in [0.25, 0.3) is 0 Å². The van der Waals surface area contributed by atoms with Crippen molar-refractivity contribution in [1.29, 1.82) is 0 Å². The van der Waals surface area contributed by atoms with Crippen LogP contribution in [0.3, 0.4) is 0 Å². The fraction of sp³-hybridized carbons (Fsp3) is 0.143. The van der Waals surface area contributed by atoms with Crippen LogP contribution in [0.5, 0.6) is 11.5 Å². The van der Waals surface area contributed by atoms with Gasteiger partial charge in [0.05, 0.1) is 0 Å². The van der Waals surface area contributed by atoms with Crippen molar-refractivity contribution < 1.29 is 31.1 Å². The van der Waals surface area contributed by atoms with Gasteiger partial charge in [-0.3, -0.25) is 0 Å². The highest BCUT2D eigenvalue weighted by Gasteiger charge is 2.42. The Balaban J connectivity index is 2.64. The largest absolute Gasteiger partial charge is 0.456 e. The lowest BCUT2D eigenvalue weighted by molar-refractivity contribution is -0.144. The lowest BCUT2D eigenvalue weighted by Gasteiger charge is -2.19. The number of ether oxygens (including phenoxy) is 1. The van der Waals surface area contributed by atoms with Crippen LogP contribution in [-0.2, 0) is 12.4 Å². The van der Waals surface area contributed by atoms with Crippen LogP contribution in [0, 0.1) is 0 Å². The smallest absolute Gasteiger partial charge is 0.420 e. The molecule has 0 fully saturated rings. The molecule has 0 heterocycles. The Morgan fingerprint density at radius 2 is 1.13 bits per heavy atom. The minimum absolute atomic E-state index is 0.222. The zero-order chi connectivity index (χ0) is 17.4. The molecule has 3 nitrogen and oxygen atoms in total. The van der Waals surface area contributed by atoms with Crippen molar-refractivity contribution in [1.82, 2.24) is 0 Å². The van der Waals surface area contributed by atoms with Crippen molar-refractivity contribution in [2.45, 2.75) is 12.4 Å². The van der Waals surface area contributed by atoms with Crippen LogP contribution in [0.1, 0.15) is 11.1 Å². The molecule has 2 aromatic carbocycles. The van der Waals surface area contributed by atoms with Gasteiger partial charge in [0.15, 0.2) is 5.75 Å². The van der Waals surface area contributed by atoms with Crippen LogP contribution in [0.4, 0.5) is 37.7 Å². The molecule has 23 heavy (non-hydrogen) atoms. The Bertz CT molecular complexity index is 672. The Morgan fingerprint density at radius 3 is 1.52 bits per heavy atom. The van der Waals surface area contributed by atoms with Crippen molar-refractivity contribution in [3.63, 3.8) is 0 Å². The first-order chi connectivity index (χ1) is 10.5. The number of benzene rings is 2. The van der Waals surface area contributed by atoms with Gasteiger partial charge < -0.3 is 16.2 Å². The number of alkyl halides is 6. The summed E-state index contributed by atoms with van der Waals surface area (Å²) in [5, 5.41) is 0. The number of nitrogens with two attached hydrogens (primary N) is 2. The first-order valence-electron chi connectivity index (χ1n) is 6.10. The first kappa shape index (κ1) is 16.8. The normalized spacial score (nSPS) is 12.3. The number of halogens is 6. The fourth-order valence-corrected chi connectivity index (χ4v) is 1.84. The molecule has 0 aromatic heterocycles. The summed E-state index contributed by atoms with van der Waals surface area (Å²) in [6.07, 6.45) is -10.1. The van der Waals surface area contributed by atoms with Crippen LogP contribution < -0.4 is 16.2 Å². The minimum atomic E-state index is -5.07. The first-order valence-corrected chi connectivity index (χ1v) is 6.10. The second-order valence-electron chi connectivity index (χ2n) is 4.61. The Hall–Kier alpha value is -2.58. The lowest BCUT2D eigenvalue weighted by atomic mass is 10.1. The highest BCUT2D eigenvalue weighted by molar-refractivity contribution is 5.57. The van der Waals surface area contributed by atoms with E-state index in [-0.39, 0.29) is 11.4 Å². The molecule has 9 heteroatoms.